The molecule has 4 rings (SSSR count). The fourth-order valence-electron chi connectivity index (χ4n) is 3.14. The standard InChI is InChI=1S/C20H16F2N4O2S/c21-14-3-1-12(2-4-14)9-17(27)23-20-25-24-19(29-20)13-10-18(28)26(11-13)16-7-5-15(22)6-8-16/h1-8,13H,9-11H2,(H,23,25,27). The van der Waals surface area contributed by atoms with Crippen LogP contribution < -0.4 is 10.2 Å². The molecule has 2 heterocycles. The molecule has 0 aliphatic carbocycles. The summed E-state index contributed by atoms with van der Waals surface area (Å²) in [5.74, 6) is -1.22. The minimum Gasteiger partial charge on any atom is -0.312 e. The number of hydrogen-bond donors (Lipinski definition) is 1. The van der Waals surface area contributed by atoms with Crippen LogP contribution in [0.1, 0.15) is 22.9 Å². The van der Waals surface area contributed by atoms with Gasteiger partial charge >= 0.3 is 0 Å². The Bertz CT molecular complexity index is 1040. The molecule has 6 nitrogen and oxygen atoms in total. The second-order valence-electron chi connectivity index (χ2n) is 6.68. The first kappa shape index (κ1) is 19.1. The Balaban J connectivity index is 1.38. The molecule has 29 heavy (non-hydrogen) atoms. The average molecular weight is 414 g/mol. The normalized spacial score (nSPS) is 16.3. The molecule has 1 aromatic heterocycles. The Morgan fingerprint density at radius 3 is 2.41 bits per heavy atom. The molecule has 1 N–H and O–H groups in total. The lowest BCUT2D eigenvalue weighted by molar-refractivity contribution is -0.117. The lowest BCUT2D eigenvalue weighted by Crippen LogP contribution is -2.24. The van der Waals surface area contributed by atoms with Crippen LogP contribution in [-0.2, 0) is 16.0 Å². The third-order valence-corrected chi connectivity index (χ3v) is 5.58. The van der Waals surface area contributed by atoms with E-state index in [0.717, 1.165) is 0 Å². The van der Waals surface area contributed by atoms with Crippen molar-refractivity contribution in [1.82, 2.24) is 10.2 Å². The van der Waals surface area contributed by atoms with Crippen molar-refractivity contribution in [3.8, 4) is 0 Å². The molecule has 0 radical (unpaired) electrons. The Labute approximate surface area is 169 Å². The number of halogens is 2. The number of amides is 2. The first-order chi connectivity index (χ1) is 14.0. The molecule has 1 saturated heterocycles. The van der Waals surface area contributed by atoms with E-state index >= 15 is 0 Å². The fraction of sp³-hybridized carbons (Fsp3) is 0.200. The van der Waals surface area contributed by atoms with Crippen molar-refractivity contribution in [2.45, 2.75) is 18.8 Å². The van der Waals surface area contributed by atoms with Gasteiger partial charge in [0.25, 0.3) is 0 Å². The Morgan fingerprint density at radius 2 is 1.72 bits per heavy atom. The van der Waals surface area contributed by atoms with Crippen LogP contribution in [0.2, 0.25) is 0 Å². The second-order valence-corrected chi connectivity index (χ2v) is 7.69. The van der Waals surface area contributed by atoms with Gasteiger partial charge in [-0.2, -0.15) is 0 Å². The van der Waals surface area contributed by atoms with E-state index in [9.17, 15) is 18.4 Å². The first-order valence-corrected chi connectivity index (χ1v) is 9.73. The number of benzene rings is 2. The van der Waals surface area contributed by atoms with Gasteiger partial charge in [0.2, 0.25) is 16.9 Å². The number of nitrogens with zero attached hydrogens (tertiary/aromatic N) is 3. The van der Waals surface area contributed by atoms with Crippen LogP contribution in [0, 0.1) is 11.6 Å². The molecule has 1 atom stereocenters. The quantitative estimate of drug-likeness (QED) is 0.693. The van der Waals surface area contributed by atoms with Gasteiger partial charge in [0, 0.05) is 24.6 Å². The molecule has 1 unspecified atom stereocenters. The van der Waals surface area contributed by atoms with E-state index in [4.69, 9.17) is 0 Å². The van der Waals surface area contributed by atoms with Crippen molar-refractivity contribution in [1.29, 1.82) is 0 Å². The van der Waals surface area contributed by atoms with Gasteiger partial charge in [-0.1, -0.05) is 23.5 Å². The molecule has 3 aromatic rings. The first-order valence-electron chi connectivity index (χ1n) is 8.91. The van der Waals surface area contributed by atoms with Gasteiger partial charge in [-0.05, 0) is 42.0 Å². The summed E-state index contributed by atoms with van der Waals surface area (Å²) in [6, 6.07) is 11.5. The number of carbonyl (C=O) groups excluding carboxylic acids is 2. The van der Waals surface area contributed by atoms with Crippen LogP contribution in [0.15, 0.2) is 48.5 Å². The Morgan fingerprint density at radius 1 is 1.07 bits per heavy atom. The lowest BCUT2D eigenvalue weighted by atomic mass is 10.1. The predicted octanol–water partition coefficient (Wildman–Crippen LogP) is 3.52. The third-order valence-electron chi connectivity index (χ3n) is 4.58. The highest BCUT2D eigenvalue weighted by molar-refractivity contribution is 7.15. The van der Waals surface area contributed by atoms with Crippen molar-refractivity contribution in [3.63, 3.8) is 0 Å². The zero-order chi connectivity index (χ0) is 20.4. The maximum absolute atomic E-state index is 13.1. The molecule has 0 bridgehead atoms. The highest BCUT2D eigenvalue weighted by Gasteiger charge is 2.34. The van der Waals surface area contributed by atoms with Crippen LogP contribution >= 0.6 is 11.3 Å². The summed E-state index contributed by atoms with van der Waals surface area (Å²) in [4.78, 5) is 26.1. The van der Waals surface area contributed by atoms with E-state index in [0.29, 0.717) is 27.9 Å². The molecule has 1 aliphatic rings. The monoisotopic (exact) mass is 414 g/mol. The number of anilines is 2. The number of aromatic nitrogens is 2. The molecule has 148 valence electrons. The summed E-state index contributed by atoms with van der Waals surface area (Å²) in [6.07, 6.45) is 0.366. The SMILES string of the molecule is O=C(Cc1ccc(F)cc1)Nc1nnc(C2CC(=O)N(c3ccc(F)cc3)C2)s1. The number of nitrogens with one attached hydrogen (secondary N) is 1. The number of hydrogen-bond acceptors (Lipinski definition) is 5. The van der Waals surface area contributed by atoms with Crippen molar-refractivity contribution < 1.29 is 18.4 Å². The topological polar surface area (TPSA) is 75.2 Å². The van der Waals surface area contributed by atoms with Gasteiger partial charge in [-0.15, -0.1) is 10.2 Å². The molecular weight excluding hydrogens is 398 g/mol. The molecule has 0 saturated carbocycles. The van der Waals surface area contributed by atoms with Gasteiger partial charge in [0.05, 0.1) is 6.42 Å². The molecule has 2 amide bonds. The molecule has 1 fully saturated rings. The predicted molar refractivity (Wildman–Crippen MR) is 105 cm³/mol. The van der Waals surface area contributed by atoms with Crippen molar-refractivity contribution >= 4 is 34.0 Å². The average Bonchev–Trinajstić information content (AvgIpc) is 3.31. The molecule has 0 spiro atoms. The van der Waals surface area contributed by atoms with Gasteiger partial charge in [-0.3, -0.25) is 9.59 Å². The maximum Gasteiger partial charge on any atom is 0.230 e. The van der Waals surface area contributed by atoms with Crippen LogP contribution in [0.3, 0.4) is 0 Å². The third kappa shape index (κ3) is 4.45. The zero-order valence-electron chi connectivity index (χ0n) is 15.1. The summed E-state index contributed by atoms with van der Waals surface area (Å²) in [5, 5.41) is 11.8. The highest BCUT2D eigenvalue weighted by Crippen LogP contribution is 2.34. The van der Waals surface area contributed by atoms with E-state index in [2.05, 4.69) is 15.5 Å². The smallest absolute Gasteiger partial charge is 0.230 e. The van der Waals surface area contributed by atoms with Crippen molar-refractivity contribution in [3.05, 3.63) is 70.7 Å². The minimum absolute atomic E-state index is 0.0706. The number of carbonyl (C=O) groups is 2. The van der Waals surface area contributed by atoms with Crippen molar-refractivity contribution in [2.75, 3.05) is 16.8 Å². The van der Waals surface area contributed by atoms with Crippen LogP contribution in [0.4, 0.5) is 19.6 Å². The molecule has 1 aliphatic heterocycles. The van der Waals surface area contributed by atoms with E-state index in [-0.39, 0.29) is 42.2 Å². The summed E-state index contributed by atoms with van der Waals surface area (Å²) in [7, 11) is 0. The van der Waals surface area contributed by atoms with E-state index in [1.807, 2.05) is 0 Å². The van der Waals surface area contributed by atoms with Gasteiger partial charge in [0.15, 0.2) is 0 Å². The number of rotatable bonds is 5. The van der Waals surface area contributed by atoms with Gasteiger partial charge in [0.1, 0.15) is 16.6 Å². The van der Waals surface area contributed by atoms with Gasteiger partial charge in [-0.25, -0.2) is 8.78 Å². The van der Waals surface area contributed by atoms with E-state index < -0.39 is 0 Å². The molecule has 9 heteroatoms. The summed E-state index contributed by atoms with van der Waals surface area (Å²) >= 11 is 1.22. The largest absolute Gasteiger partial charge is 0.312 e. The Hall–Kier alpha value is -3.20. The van der Waals surface area contributed by atoms with Crippen LogP contribution in [-0.4, -0.2) is 28.6 Å². The van der Waals surface area contributed by atoms with E-state index in [1.54, 1.807) is 29.2 Å². The van der Waals surface area contributed by atoms with Crippen LogP contribution in [0.5, 0.6) is 0 Å². The fourth-order valence-corrected chi connectivity index (χ4v) is 4.00. The highest BCUT2D eigenvalue weighted by atomic mass is 32.1. The maximum atomic E-state index is 13.1. The molecule has 2 aromatic carbocycles. The van der Waals surface area contributed by atoms with Crippen LogP contribution in [0.25, 0.3) is 0 Å². The summed E-state index contributed by atoms with van der Waals surface area (Å²) in [6.45, 7) is 0.419. The van der Waals surface area contributed by atoms with E-state index in [1.165, 1.54) is 35.6 Å². The summed E-state index contributed by atoms with van der Waals surface area (Å²) < 4.78 is 26.0. The minimum atomic E-state index is -0.359. The van der Waals surface area contributed by atoms with Gasteiger partial charge < -0.3 is 10.2 Å². The molecular formula is C20H16F2N4O2S. The zero-order valence-corrected chi connectivity index (χ0v) is 16.0. The Kier molecular flexibility index (Phi) is 5.30. The lowest BCUT2D eigenvalue weighted by Gasteiger charge is -2.16. The summed E-state index contributed by atoms with van der Waals surface area (Å²) in [5.41, 5.74) is 1.32. The second kappa shape index (κ2) is 8.04. The van der Waals surface area contributed by atoms with Crippen molar-refractivity contribution in [2.24, 2.45) is 0 Å².